The predicted octanol–water partition coefficient (Wildman–Crippen LogP) is 1.26. The number of carbonyl (C=O) groups is 2. The molecule has 1 aromatic carbocycles. The number of rotatable bonds is 3. The number of sulfone groups is 1. The molecule has 1 N–H and O–H groups in total. The second kappa shape index (κ2) is 4.16. The minimum Gasteiger partial charge on any atom is -0.480 e. The Kier molecular flexibility index (Phi) is 3.01. The zero-order valence-electron chi connectivity index (χ0n) is 10.6. The number of carboxylic acid groups (broad SMARTS) is 1. The molecule has 0 atom stereocenters. The van der Waals surface area contributed by atoms with Gasteiger partial charge < -0.3 is 5.11 Å². The van der Waals surface area contributed by atoms with Crippen molar-refractivity contribution in [1.29, 1.82) is 0 Å². The van der Waals surface area contributed by atoms with E-state index in [4.69, 9.17) is 0 Å². The van der Waals surface area contributed by atoms with Gasteiger partial charge in [0.25, 0.3) is 0 Å². The molecule has 1 aliphatic rings. The lowest BCUT2D eigenvalue weighted by molar-refractivity contribution is -0.147. The summed E-state index contributed by atoms with van der Waals surface area (Å²) in [6.07, 6.45) is -0.894. The Morgan fingerprint density at radius 1 is 1.21 bits per heavy atom. The summed E-state index contributed by atoms with van der Waals surface area (Å²) in [5.74, 6) is -1.79. The Morgan fingerprint density at radius 2 is 1.79 bits per heavy atom. The maximum absolute atomic E-state index is 12.5. The van der Waals surface area contributed by atoms with Gasteiger partial charge in [-0.25, -0.2) is 8.42 Å². The number of carboxylic acids is 1. The van der Waals surface area contributed by atoms with Gasteiger partial charge in [-0.1, -0.05) is 6.07 Å². The molecule has 1 saturated carbocycles. The Bertz CT molecular complexity index is 664. The maximum atomic E-state index is 12.5. The highest BCUT2D eigenvalue weighted by atomic mass is 32.2. The Morgan fingerprint density at radius 3 is 2.21 bits per heavy atom. The molecule has 0 unspecified atom stereocenters. The second-order valence-corrected chi connectivity index (χ2v) is 7.20. The average Bonchev–Trinajstić information content (AvgIpc) is 2.27. The molecule has 19 heavy (non-hydrogen) atoms. The standard InChI is InChI=1S/C13H14O5S/c1-8-3-4-11(5-9(8)2)19(17,18)13(12(15)16)6-10(14)7-13/h3-5H,6-7H2,1-2H3,(H,15,16). The van der Waals surface area contributed by atoms with E-state index in [2.05, 4.69) is 0 Å². The summed E-state index contributed by atoms with van der Waals surface area (Å²) in [6, 6.07) is 4.49. The monoisotopic (exact) mass is 282 g/mol. The topological polar surface area (TPSA) is 88.5 Å². The van der Waals surface area contributed by atoms with Crippen LogP contribution in [0.1, 0.15) is 24.0 Å². The molecular formula is C13H14O5S. The lowest BCUT2D eigenvalue weighted by atomic mass is 9.83. The first kappa shape index (κ1) is 13.7. The molecule has 0 aromatic heterocycles. The Balaban J connectivity index is 2.56. The van der Waals surface area contributed by atoms with Crippen molar-refractivity contribution < 1.29 is 23.1 Å². The summed E-state index contributed by atoms with van der Waals surface area (Å²) in [7, 11) is -4.06. The van der Waals surface area contributed by atoms with Crippen LogP contribution in [0.4, 0.5) is 0 Å². The first-order valence-electron chi connectivity index (χ1n) is 5.78. The molecule has 1 fully saturated rings. The molecule has 0 heterocycles. The van der Waals surface area contributed by atoms with Crippen LogP contribution in [0.3, 0.4) is 0 Å². The molecule has 0 bridgehead atoms. The number of Topliss-reactive ketones (excluding diaryl/α,β-unsaturated/α-hetero) is 1. The van der Waals surface area contributed by atoms with Crippen molar-refractivity contribution in [2.75, 3.05) is 0 Å². The van der Waals surface area contributed by atoms with Crippen LogP contribution in [-0.2, 0) is 19.4 Å². The first-order valence-corrected chi connectivity index (χ1v) is 7.26. The maximum Gasteiger partial charge on any atom is 0.326 e. The summed E-state index contributed by atoms with van der Waals surface area (Å²) in [5.41, 5.74) is 1.69. The van der Waals surface area contributed by atoms with E-state index in [9.17, 15) is 23.1 Å². The highest BCUT2D eigenvalue weighted by Crippen LogP contribution is 2.41. The van der Waals surface area contributed by atoms with E-state index in [-0.39, 0.29) is 10.7 Å². The van der Waals surface area contributed by atoms with Crippen LogP contribution in [0.15, 0.2) is 23.1 Å². The number of benzene rings is 1. The zero-order valence-corrected chi connectivity index (χ0v) is 11.5. The van der Waals surface area contributed by atoms with Crippen molar-refractivity contribution in [3.63, 3.8) is 0 Å². The van der Waals surface area contributed by atoms with Crippen LogP contribution < -0.4 is 0 Å². The summed E-state index contributed by atoms with van der Waals surface area (Å²) in [4.78, 5) is 22.3. The van der Waals surface area contributed by atoms with E-state index >= 15 is 0 Å². The predicted molar refractivity (Wildman–Crippen MR) is 67.7 cm³/mol. The van der Waals surface area contributed by atoms with E-state index < -0.39 is 33.4 Å². The van der Waals surface area contributed by atoms with Crippen LogP contribution in [0.5, 0.6) is 0 Å². The van der Waals surface area contributed by atoms with Gasteiger partial charge in [0.2, 0.25) is 0 Å². The van der Waals surface area contributed by atoms with Crippen LogP contribution in [0.2, 0.25) is 0 Å². The van der Waals surface area contributed by atoms with E-state index in [1.165, 1.54) is 12.1 Å². The van der Waals surface area contributed by atoms with E-state index in [0.29, 0.717) is 0 Å². The fourth-order valence-corrected chi connectivity index (χ4v) is 4.11. The summed E-state index contributed by atoms with van der Waals surface area (Å²) in [5, 5.41) is 9.19. The molecule has 6 heteroatoms. The largest absolute Gasteiger partial charge is 0.480 e. The van der Waals surface area contributed by atoms with Gasteiger partial charge >= 0.3 is 5.97 Å². The number of aliphatic carboxylic acids is 1. The van der Waals surface area contributed by atoms with Gasteiger partial charge in [-0.15, -0.1) is 0 Å². The summed E-state index contributed by atoms with van der Waals surface area (Å²) >= 11 is 0. The third kappa shape index (κ3) is 1.87. The zero-order chi connectivity index (χ0) is 14.4. The molecule has 0 radical (unpaired) electrons. The molecule has 1 aromatic rings. The van der Waals surface area contributed by atoms with E-state index in [1.807, 2.05) is 6.92 Å². The molecule has 0 saturated heterocycles. The smallest absolute Gasteiger partial charge is 0.326 e. The third-order valence-electron chi connectivity index (χ3n) is 3.66. The molecule has 0 spiro atoms. The van der Waals surface area contributed by atoms with Gasteiger partial charge in [-0.2, -0.15) is 0 Å². The van der Waals surface area contributed by atoms with Gasteiger partial charge in [0.05, 0.1) is 4.90 Å². The Hall–Kier alpha value is -1.69. The number of ketones is 1. The first-order chi connectivity index (χ1) is 8.70. The average molecular weight is 282 g/mol. The van der Waals surface area contributed by atoms with Gasteiger partial charge in [0.1, 0.15) is 5.78 Å². The number of carbonyl (C=O) groups excluding carboxylic acids is 1. The van der Waals surface area contributed by atoms with Crippen LogP contribution in [0.25, 0.3) is 0 Å². The van der Waals surface area contributed by atoms with Crippen molar-refractivity contribution in [2.24, 2.45) is 0 Å². The molecule has 5 nitrogen and oxygen atoms in total. The quantitative estimate of drug-likeness (QED) is 0.901. The number of hydrogen-bond donors (Lipinski definition) is 1. The lowest BCUT2D eigenvalue weighted by Crippen LogP contribution is -2.56. The fourth-order valence-electron chi connectivity index (χ4n) is 2.15. The Labute approximate surface area is 111 Å². The molecular weight excluding hydrogens is 268 g/mol. The highest BCUT2D eigenvalue weighted by Gasteiger charge is 2.60. The molecule has 0 aliphatic heterocycles. The second-order valence-electron chi connectivity index (χ2n) is 4.94. The minimum absolute atomic E-state index is 0.0366. The van der Waals surface area contributed by atoms with Crippen LogP contribution >= 0.6 is 0 Å². The van der Waals surface area contributed by atoms with Crippen LogP contribution in [-0.4, -0.2) is 30.0 Å². The normalized spacial score (nSPS) is 17.9. The van der Waals surface area contributed by atoms with Gasteiger partial charge in [-0.05, 0) is 37.1 Å². The van der Waals surface area contributed by atoms with Gasteiger partial charge in [0.15, 0.2) is 14.6 Å². The number of hydrogen-bond acceptors (Lipinski definition) is 4. The minimum atomic E-state index is -4.06. The highest BCUT2D eigenvalue weighted by molar-refractivity contribution is 7.93. The molecule has 2 rings (SSSR count). The summed E-state index contributed by atoms with van der Waals surface area (Å²) in [6.45, 7) is 3.60. The molecule has 102 valence electrons. The fraction of sp³-hybridized carbons (Fsp3) is 0.385. The summed E-state index contributed by atoms with van der Waals surface area (Å²) < 4.78 is 22.9. The van der Waals surface area contributed by atoms with Gasteiger partial charge in [0, 0.05) is 12.8 Å². The number of aryl methyl sites for hydroxylation is 2. The van der Waals surface area contributed by atoms with Gasteiger partial charge in [-0.3, -0.25) is 9.59 Å². The van der Waals surface area contributed by atoms with Crippen molar-refractivity contribution in [3.8, 4) is 0 Å². The third-order valence-corrected chi connectivity index (χ3v) is 6.02. The lowest BCUT2D eigenvalue weighted by Gasteiger charge is -2.35. The van der Waals surface area contributed by atoms with Crippen LogP contribution in [0, 0.1) is 13.8 Å². The van der Waals surface area contributed by atoms with Crippen molar-refractivity contribution in [3.05, 3.63) is 29.3 Å². The van der Waals surface area contributed by atoms with E-state index in [0.717, 1.165) is 11.1 Å². The van der Waals surface area contributed by atoms with Crippen molar-refractivity contribution in [1.82, 2.24) is 0 Å². The van der Waals surface area contributed by atoms with Crippen molar-refractivity contribution >= 4 is 21.6 Å². The van der Waals surface area contributed by atoms with E-state index in [1.54, 1.807) is 13.0 Å². The molecule has 0 amide bonds. The molecule has 1 aliphatic carbocycles. The SMILES string of the molecule is Cc1ccc(S(=O)(=O)C2(C(=O)O)CC(=O)C2)cc1C. The van der Waals surface area contributed by atoms with Crippen molar-refractivity contribution in [2.45, 2.75) is 36.3 Å².